The van der Waals surface area contributed by atoms with Gasteiger partial charge in [-0.2, -0.15) is 0 Å². The van der Waals surface area contributed by atoms with Crippen molar-refractivity contribution in [3.05, 3.63) is 30.3 Å². The molecule has 1 aromatic carbocycles. The number of rotatable bonds is 5. The Morgan fingerprint density at radius 3 is 2.80 bits per heavy atom. The van der Waals surface area contributed by atoms with Crippen LogP contribution in [0.15, 0.2) is 30.3 Å². The first-order valence-electron chi connectivity index (χ1n) is 8.38. The minimum atomic E-state index is -0.688. The number of carbonyl (C=O) groups is 1. The van der Waals surface area contributed by atoms with Crippen LogP contribution in [0.1, 0.15) is 19.3 Å². The first kappa shape index (κ1) is 15.7. The zero-order chi connectivity index (χ0) is 17.6. The lowest BCUT2D eigenvalue weighted by Gasteiger charge is -2.62. The van der Waals surface area contributed by atoms with Crippen LogP contribution in [-0.4, -0.2) is 32.9 Å². The Balaban J connectivity index is 1.51. The van der Waals surface area contributed by atoms with E-state index in [-0.39, 0.29) is 23.0 Å². The molecule has 0 amide bonds. The largest absolute Gasteiger partial charge is 0.507 e. The van der Waals surface area contributed by atoms with Crippen molar-refractivity contribution < 1.29 is 15.0 Å². The summed E-state index contributed by atoms with van der Waals surface area (Å²) in [6, 6.07) is 8.70. The first-order chi connectivity index (χ1) is 12.0. The summed E-state index contributed by atoms with van der Waals surface area (Å²) in [5.41, 5.74) is 7.78. The summed E-state index contributed by atoms with van der Waals surface area (Å²) in [4.78, 5) is 11.2. The number of nitrogens with zero attached hydrogens (tertiary/aromatic N) is 2. The molecule has 0 radical (unpaired) electrons. The highest BCUT2D eigenvalue weighted by atomic mass is 16.4. The molecular weight excluding hydrogens is 320 g/mol. The summed E-state index contributed by atoms with van der Waals surface area (Å²) in [5.74, 6) is -0.215. The topological polar surface area (TPSA) is 121 Å². The van der Waals surface area contributed by atoms with Gasteiger partial charge in [-0.3, -0.25) is 4.79 Å². The molecule has 0 spiro atoms. The van der Waals surface area contributed by atoms with Crippen LogP contribution in [0.5, 0.6) is 5.75 Å². The highest BCUT2D eigenvalue weighted by Crippen LogP contribution is 2.64. The molecule has 2 fully saturated rings. The number of nitrogens with one attached hydrogen (secondary N) is 1. The van der Waals surface area contributed by atoms with Crippen molar-refractivity contribution in [2.75, 3.05) is 17.6 Å². The quantitative estimate of drug-likeness (QED) is 0.659. The molecule has 1 aromatic heterocycles. The number of fused-ring (bicyclic) bond motifs is 1. The Hall–Kier alpha value is -2.83. The summed E-state index contributed by atoms with van der Waals surface area (Å²) in [6.45, 7) is 0.678. The van der Waals surface area contributed by atoms with Crippen molar-refractivity contribution in [1.29, 1.82) is 0 Å². The van der Waals surface area contributed by atoms with Gasteiger partial charge in [0, 0.05) is 12.1 Å². The normalized spacial score (nSPS) is 26.9. The van der Waals surface area contributed by atoms with Crippen molar-refractivity contribution in [3.8, 4) is 17.0 Å². The van der Waals surface area contributed by atoms with Gasteiger partial charge in [-0.05, 0) is 48.8 Å². The van der Waals surface area contributed by atoms with Crippen LogP contribution in [0, 0.1) is 17.3 Å². The third kappa shape index (κ3) is 2.47. The molecule has 0 aliphatic heterocycles. The molecule has 3 unspecified atom stereocenters. The zero-order valence-electron chi connectivity index (χ0n) is 13.6. The minimum Gasteiger partial charge on any atom is -0.507 e. The van der Waals surface area contributed by atoms with E-state index in [1.165, 1.54) is 0 Å². The summed E-state index contributed by atoms with van der Waals surface area (Å²) < 4.78 is 0. The van der Waals surface area contributed by atoms with Crippen molar-refractivity contribution in [1.82, 2.24) is 10.2 Å². The highest BCUT2D eigenvalue weighted by Gasteiger charge is 2.61. The zero-order valence-corrected chi connectivity index (χ0v) is 13.6. The van der Waals surface area contributed by atoms with E-state index in [9.17, 15) is 15.0 Å². The lowest BCUT2D eigenvalue weighted by atomic mass is 9.43. The fourth-order valence-electron chi connectivity index (χ4n) is 4.21. The summed E-state index contributed by atoms with van der Waals surface area (Å²) in [7, 11) is 0. The first-order valence-corrected chi connectivity index (χ1v) is 8.38. The predicted octanol–water partition coefficient (Wildman–Crippen LogP) is 2.34. The Labute approximate surface area is 144 Å². The number of phenolic OH excluding ortho intramolecular Hbond substituents is 1. The van der Waals surface area contributed by atoms with E-state index in [1.54, 1.807) is 24.3 Å². The lowest BCUT2D eigenvalue weighted by molar-refractivity contribution is -0.175. The molecule has 5 N–H and O–H groups in total. The fourth-order valence-corrected chi connectivity index (χ4v) is 4.21. The smallest absolute Gasteiger partial charge is 0.306 e. The number of nitrogen functional groups attached to an aromatic ring is 1. The maximum absolute atomic E-state index is 11.2. The van der Waals surface area contributed by atoms with Crippen LogP contribution in [0.4, 0.5) is 11.5 Å². The average molecular weight is 340 g/mol. The number of aliphatic carboxylic acids is 1. The Morgan fingerprint density at radius 2 is 2.16 bits per heavy atom. The second-order valence-electron chi connectivity index (χ2n) is 7.06. The van der Waals surface area contributed by atoms with Gasteiger partial charge < -0.3 is 21.3 Å². The van der Waals surface area contributed by atoms with Gasteiger partial charge in [0.05, 0.1) is 17.3 Å². The molecule has 130 valence electrons. The molecule has 7 heteroatoms. The number of aromatic nitrogens is 2. The highest BCUT2D eigenvalue weighted by molar-refractivity contribution is 5.74. The summed E-state index contributed by atoms with van der Waals surface area (Å²) in [5, 5.41) is 30.6. The van der Waals surface area contributed by atoms with Crippen LogP contribution >= 0.6 is 0 Å². The minimum absolute atomic E-state index is 0.0633. The molecular formula is C18H20N4O3. The van der Waals surface area contributed by atoms with E-state index in [0.717, 1.165) is 12.8 Å². The molecule has 25 heavy (non-hydrogen) atoms. The molecule has 0 bridgehead atoms. The van der Waals surface area contributed by atoms with E-state index < -0.39 is 5.97 Å². The number of phenols is 1. The molecule has 2 aliphatic rings. The van der Waals surface area contributed by atoms with Gasteiger partial charge in [0.1, 0.15) is 5.75 Å². The van der Waals surface area contributed by atoms with E-state index in [4.69, 9.17) is 5.73 Å². The van der Waals surface area contributed by atoms with Gasteiger partial charge in [-0.25, -0.2) is 0 Å². The number of para-hydroxylation sites is 1. The molecule has 2 saturated carbocycles. The van der Waals surface area contributed by atoms with Gasteiger partial charge in [-0.15, -0.1) is 10.2 Å². The molecule has 3 atom stereocenters. The third-order valence-corrected chi connectivity index (χ3v) is 5.80. The van der Waals surface area contributed by atoms with Crippen LogP contribution in [0.25, 0.3) is 11.3 Å². The van der Waals surface area contributed by atoms with Gasteiger partial charge in [0.15, 0.2) is 5.82 Å². The monoisotopic (exact) mass is 340 g/mol. The Kier molecular flexibility index (Phi) is 3.52. The fraction of sp³-hybridized carbons (Fsp3) is 0.389. The number of carboxylic acid groups (broad SMARTS) is 1. The molecule has 1 heterocycles. The number of aromatic hydroxyl groups is 1. The SMILES string of the molecule is Nc1nnc(-c2ccccc2O)cc1NCC12CCC1C(C(=O)O)C2. The maximum atomic E-state index is 11.2. The predicted molar refractivity (Wildman–Crippen MR) is 92.9 cm³/mol. The summed E-state index contributed by atoms with van der Waals surface area (Å²) >= 11 is 0. The van der Waals surface area contributed by atoms with Gasteiger partial charge in [0.25, 0.3) is 0 Å². The van der Waals surface area contributed by atoms with Crippen LogP contribution < -0.4 is 11.1 Å². The lowest BCUT2D eigenvalue weighted by Crippen LogP contribution is -2.60. The Bertz CT molecular complexity index is 841. The number of hydrogen-bond donors (Lipinski definition) is 4. The number of anilines is 2. The third-order valence-electron chi connectivity index (χ3n) is 5.80. The van der Waals surface area contributed by atoms with E-state index in [1.807, 2.05) is 6.07 Å². The molecule has 7 nitrogen and oxygen atoms in total. The molecule has 2 aromatic rings. The van der Waals surface area contributed by atoms with Crippen molar-refractivity contribution >= 4 is 17.5 Å². The standard InChI is InChI=1S/C18H20N4O3/c19-16-14(7-13(21-22-16)10-3-1-2-4-15(10)23)20-9-18-6-5-12(18)11(8-18)17(24)25/h1-4,7,11-12,23H,5-6,8-9H2,(H2,19,22)(H,20,21)(H,24,25). The van der Waals surface area contributed by atoms with Crippen LogP contribution in [-0.2, 0) is 4.79 Å². The van der Waals surface area contributed by atoms with Crippen molar-refractivity contribution in [2.24, 2.45) is 17.3 Å². The molecule has 0 saturated heterocycles. The van der Waals surface area contributed by atoms with E-state index in [0.29, 0.717) is 35.7 Å². The van der Waals surface area contributed by atoms with Gasteiger partial charge in [-0.1, -0.05) is 12.1 Å². The van der Waals surface area contributed by atoms with Crippen LogP contribution in [0.3, 0.4) is 0 Å². The van der Waals surface area contributed by atoms with E-state index >= 15 is 0 Å². The maximum Gasteiger partial charge on any atom is 0.306 e. The second kappa shape index (κ2) is 5.61. The van der Waals surface area contributed by atoms with Gasteiger partial charge >= 0.3 is 5.97 Å². The van der Waals surface area contributed by atoms with Crippen molar-refractivity contribution in [3.63, 3.8) is 0 Å². The number of nitrogens with two attached hydrogens (primary N) is 1. The Morgan fingerprint density at radius 1 is 1.36 bits per heavy atom. The molecule has 2 aliphatic carbocycles. The van der Waals surface area contributed by atoms with Crippen LogP contribution in [0.2, 0.25) is 0 Å². The number of hydrogen-bond acceptors (Lipinski definition) is 6. The number of carboxylic acids is 1. The van der Waals surface area contributed by atoms with E-state index in [2.05, 4.69) is 15.5 Å². The molecule has 4 rings (SSSR count). The van der Waals surface area contributed by atoms with Crippen molar-refractivity contribution in [2.45, 2.75) is 19.3 Å². The second-order valence-corrected chi connectivity index (χ2v) is 7.06. The number of benzene rings is 1. The average Bonchev–Trinajstić information content (AvgIpc) is 2.58. The summed E-state index contributed by atoms with van der Waals surface area (Å²) in [6.07, 6.45) is 2.73. The van der Waals surface area contributed by atoms with Gasteiger partial charge in [0.2, 0.25) is 0 Å².